The summed E-state index contributed by atoms with van der Waals surface area (Å²) >= 11 is 25.4. The molecule has 1 amide bonds. The van der Waals surface area contributed by atoms with Crippen LogP contribution in [0.15, 0.2) is 112 Å². The molecule has 13 heterocycles. The number of rotatable bonds is 19. The van der Waals surface area contributed by atoms with Crippen molar-refractivity contribution in [3.8, 4) is 0 Å². The zero-order valence-electron chi connectivity index (χ0n) is 46.1. The summed E-state index contributed by atoms with van der Waals surface area (Å²) in [6.07, 6.45) is 13.8. The van der Waals surface area contributed by atoms with Crippen molar-refractivity contribution in [2.45, 2.75) is 58.7 Å². The summed E-state index contributed by atoms with van der Waals surface area (Å²) in [4.78, 5) is 68.5. The number of hydrogen-bond donors (Lipinski definition) is 6. The van der Waals surface area contributed by atoms with Gasteiger partial charge in [-0.05, 0) is 128 Å². The number of fused-ring (bicyclic) bond motifs is 4. The van der Waals surface area contributed by atoms with Gasteiger partial charge in [-0.15, -0.1) is 11.3 Å². The summed E-state index contributed by atoms with van der Waals surface area (Å²) < 4.78 is 39.1. The molecule has 1 fully saturated rings. The molecule has 12 aromatic heterocycles. The largest absolute Gasteiger partial charge is 0.467 e. The van der Waals surface area contributed by atoms with Crippen LogP contribution in [0.25, 0.3) is 44.1 Å². The van der Waals surface area contributed by atoms with Crippen LogP contribution >= 0.6 is 57.7 Å². The quantitative estimate of drug-likeness (QED) is 0.0410. The van der Waals surface area contributed by atoms with Crippen molar-refractivity contribution in [3.63, 3.8) is 0 Å². The Balaban J connectivity index is 0.000000128. The fourth-order valence-electron chi connectivity index (χ4n) is 9.07. The molecule has 0 atom stereocenters. The molecular weight excluding hydrogens is 1210 g/mol. The zero-order valence-corrected chi connectivity index (χ0v) is 50.0. The second-order valence-electron chi connectivity index (χ2n) is 19.2. The van der Waals surface area contributed by atoms with E-state index in [0.717, 1.165) is 87.6 Å². The average Bonchev–Trinajstić information content (AvgIpc) is 4.12. The molecule has 1 aliphatic rings. The van der Waals surface area contributed by atoms with Crippen molar-refractivity contribution in [2.24, 2.45) is 0 Å². The molecule has 6 N–H and O–H groups in total. The number of H-pyrrole nitrogens is 2. The molecule has 0 spiro atoms. The van der Waals surface area contributed by atoms with E-state index in [-0.39, 0.29) is 40.1 Å². The molecule has 1 aliphatic heterocycles. The number of likely N-dealkylation sites (tertiary alicyclic amines) is 1. The van der Waals surface area contributed by atoms with E-state index in [0.29, 0.717) is 72.1 Å². The van der Waals surface area contributed by atoms with Crippen molar-refractivity contribution in [3.05, 3.63) is 158 Å². The second-order valence-corrected chi connectivity index (χ2v) is 21.5. The molecule has 13 rings (SSSR count). The number of nitrogens with zero attached hydrogens (tertiary/aromatic N) is 15. The summed E-state index contributed by atoms with van der Waals surface area (Å²) in [5, 5.41) is 19.5. The van der Waals surface area contributed by atoms with E-state index in [1.807, 2.05) is 66.8 Å². The zero-order chi connectivity index (χ0) is 59.9. The number of carbonyl (C=O) groups is 1. The molecule has 0 bridgehead atoms. The van der Waals surface area contributed by atoms with Gasteiger partial charge in [0.1, 0.15) is 87.8 Å². The normalized spacial score (nSPS) is 12.1. The summed E-state index contributed by atoms with van der Waals surface area (Å²) in [6, 6.07) is 16.8. The van der Waals surface area contributed by atoms with Gasteiger partial charge < -0.3 is 59.0 Å². The van der Waals surface area contributed by atoms with Gasteiger partial charge in [0.2, 0.25) is 21.1 Å². The van der Waals surface area contributed by atoms with Crippen LogP contribution in [0.3, 0.4) is 0 Å². The van der Waals surface area contributed by atoms with Gasteiger partial charge in [-0.1, -0.05) is 0 Å². The number of thiazole rings is 1. The van der Waals surface area contributed by atoms with Crippen molar-refractivity contribution in [1.82, 2.24) is 83.7 Å². The van der Waals surface area contributed by atoms with E-state index >= 15 is 0 Å². The molecule has 0 aliphatic carbocycles. The molecule has 86 heavy (non-hydrogen) atoms. The van der Waals surface area contributed by atoms with Crippen LogP contribution in [0.2, 0.25) is 21.1 Å². The van der Waals surface area contributed by atoms with Gasteiger partial charge >= 0.3 is 0 Å². The van der Waals surface area contributed by atoms with E-state index < -0.39 is 13.3 Å². The average molecular weight is 1270 g/mol. The number of halogens is 6. The van der Waals surface area contributed by atoms with Gasteiger partial charge in [0.25, 0.3) is 5.91 Å². The number of aromatic nitrogens is 15. The fourth-order valence-corrected chi connectivity index (χ4v) is 10.3. The SMILES string of the molecule is CN(C)Cc1cc2c(NCc3ccco3)nc(Cl)nc2[nH]1.FCCn1ccc2c(NCc3ccncn3)nc(Cl)nc21.FCCn1ccc2c(NCc3nccs3)nc(Cl)nc21.O=C(c1cc2c(NCc3ccco3)nc(Cl)nc2[nH]1)N1CCCC1. The van der Waals surface area contributed by atoms with Crippen LogP contribution < -0.4 is 21.3 Å². The number of aryl methyl sites for hydroxylation is 2. The van der Waals surface area contributed by atoms with Crippen LogP contribution in [-0.2, 0) is 45.8 Å². The molecule has 31 heteroatoms. The first kappa shape index (κ1) is 60.5. The highest BCUT2D eigenvalue weighted by atomic mass is 35.5. The molecule has 0 unspecified atom stereocenters. The van der Waals surface area contributed by atoms with Crippen LogP contribution in [0, 0.1) is 0 Å². The Labute approximate surface area is 513 Å². The maximum atomic E-state index is 12.5. The van der Waals surface area contributed by atoms with Gasteiger partial charge in [-0.2, -0.15) is 19.9 Å². The molecule has 0 radical (unpaired) electrons. The summed E-state index contributed by atoms with van der Waals surface area (Å²) in [7, 11) is 4.03. The lowest BCUT2D eigenvalue weighted by molar-refractivity contribution is 0.0788. The first-order valence-corrected chi connectivity index (χ1v) is 29.1. The minimum Gasteiger partial charge on any atom is -0.467 e. The second kappa shape index (κ2) is 29.0. The fraction of sp³-hybridized carbons (Fsp3) is 0.273. The lowest BCUT2D eigenvalue weighted by atomic mass is 10.3. The maximum Gasteiger partial charge on any atom is 0.270 e. The Hall–Kier alpha value is -8.60. The van der Waals surface area contributed by atoms with Crippen molar-refractivity contribution >= 4 is 131 Å². The highest BCUT2D eigenvalue weighted by molar-refractivity contribution is 7.09. The maximum absolute atomic E-state index is 12.5. The van der Waals surface area contributed by atoms with Gasteiger partial charge in [0, 0.05) is 55.5 Å². The van der Waals surface area contributed by atoms with Crippen LogP contribution in [0.5, 0.6) is 0 Å². The van der Waals surface area contributed by atoms with Crippen LogP contribution in [-0.4, -0.2) is 130 Å². The predicted molar refractivity (Wildman–Crippen MR) is 328 cm³/mol. The number of hydrogen-bond acceptors (Lipinski definition) is 20. The first-order valence-electron chi connectivity index (χ1n) is 26.7. The Kier molecular flexibility index (Phi) is 20.4. The van der Waals surface area contributed by atoms with E-state index in [4.69, 9.17) is 55.2 Å². The van der Waals surface area contributed by atoms with E-state index in [2.05, 4.69) is 91.0 Å². The topological polar surface area (TPSA) is 281 Å². The number of alkyl halides is 2. The van der Waals surface area contributed by atoms with Crippen molar-refractivity contribution in [2.75, 3.05) is 61.8 Å². The first-order chi connectivity index (χ1) is 41.9. The number of furan rings is 2. The van der Waals surface area contributed by atoms with Gasteiger partial charge in [0.05, 0.1) is 79.0 Å². The van der Waals surface area contributed by atoms with Gasteiger partial charge in [0.15, 0.2) is 0 Å². The van der Waals surface area contributed by atoms with Gasteiger partial charge in [-0.3, -0.25) is 4.79 Å². The number of anilines is 4. The van der Waals surface area contributed by atoms with E-state index in [9.17, 15) is 13.6 Å². The van der Waals surface area contributed by atoms with Crippen molar-refractivity contribution < 1.29 is 22.4 Å². The lowest BCUT2D eigenvalue weighted by Crippen LogP contribution is -2.27. The Morgan fingerprint density at radius 2 is 1.17 bits per heavy atom. The predicted octanol–water partition coefficient (Wildman–Crippen LogP) is 11.5. The third-order valence-corrected chi connectivity index (χ3v) is 14.4. The minimum absolute atomic E-state index is 0.0152. The van der Waals surface area contributed by atoms with Crippen LogP contribution in [0.4, 0.5) is 32.1 Å². The molecule has 446 valence electrons. The van der Waals surface area contributed by atoms with E-state index in [1.54, 1.807) is 69.9 Å². The van der Waals surface area contributed by atoms with Crippen LogP contribution in [0.1, 0.15) is 51.2 Å². The van der Waals surface area contributed by atoms with Gasteiger partial charge in [-0.25, -0.2) is 43.7 Å². The summed E-state index contributed by atoms with van der Waals surface area (Å²) in [5.74, 6) is 4.09. The third kappa shape index (κ3) is 15.6. The summed E-state index contributed by atoms with van der Waals surface area (Å²) in [5.41, 5.74) is 4.91. The Morgan fingerprint density at radius 3 is 1.69 bits per heavy atom. The molecule has 0 aromatic carbocycles. The number of nitrogens with one attached hydrogen (secondary N) is 6. The van der Waals surface area contributed by atoms with E-state index in [1.165, 1.54) is 6.33 Å². The monoisotopic (exact) mass is 1270 g/mol. The highest BCUT2D eigenvalue weighted by Crippen LogP contribution is 2.29. The Bertz CT molecular complexity index is 4120. The molecule has 24 nitrogen and oxygen atoms in total. The molecule has 12 aromatic rings. The smallest absolute Gasteiger partial charge is 0.270 e. The number of aromatic amines is 2. The summed E-state index contributed by atoms with van der Waals surface area (Å²) in [6.45, 7) is 4.03. The number of amides is 1. The molecule has 0 saturated carbocycles. The highest BCUT2D eigenvalue weighted by Gasteiger charge is 2.23. The van der Waals surface area contributed by atoms with Crippen molar-refractivity contribution in [1.29, 1.82) is 0 Å². The standard InChI is InChI=1S/C16H16ClN5O2.C14H16ClN5O.C13H12ClFN6.C12H11ClFN5S/c17-16-20-13(18-9-10-4-3-7-24-10)11-8-12(19-14(11)21-16)15(23)22-5-1-2-6-22;1-20(2)8-9-6-11-12(16-7-10-4-3-5-21-10)18-14(15)19-13(11)17-9;14-13-19-11(17-7-9-1-4-16-8-18-9)10-2-5-21(6-3-15)12(10)20-13;13-12-17-10(16-7-9-15-3-6-20-9)8-1-4-19(5-2-14)11(8)18-12/h3-4,7-8H,1-2,5-6,9H2,(H2,18,19,20,21);3-6H,7-8H2,1-2H3,(H2,16,17,18,19);1-2,4-5,8H,3,6-7H2,(H,17,19,20);1,3-4,6H,2,5,7H2,(H,16,17,18). The molecular formula is C55H55Cl4F2N21O3S. The lowest BCUT2D eigenvalue weighted by Gasteiger charge is -2.13. The number of carbonyl (C=O) groups excluding carboxylic acids is 1. The third-order valence-electron chi connectivity index (χ3n) is 12.9. The minimum atomic E-state index is -0.463. The Morgan fingerprint density at radius 1 is 0.640 bits per heavy atom. The molecule has 1 saturated heterocycles.